The molecule has 0 radical (unpaired) electrons. The maximum Gasteiger partial charge on any atom is 0.0105 e. The number of rotatable bonds is 11. The molecule has 2 heteroatoms. The summed E-state index contributed by atoms with van der Waals surface area (Å²) in [5, 5.41) is 3.60. The Kier molecular flexibility index (Phi) is 10.6. The lowest BCUT2D eigenvalue weighted by Gasteiger charge is -2.35. The molecule has 0 aromatic carbocycles. The number of hydrogen-bond donors (Lipinski definition) is 1. The van der Waals surface area contributed by atoms with Gasteiger partial charge in [-0.3, -0.25) is 0 Å². The van der Waals surface area contributed by atoms with Crippen LogP contribution in [0.15, 0.2) is 0 Å². The summed E-state index contributed by atoms with van der Waals surface area (Å²) in [5.41, 5.74) is 0. The molecule has 1 N–H and O–H groups in total. The second-order valence-electron chi connectivity index (χ2n) is 6.54. The van der Waals surface area contributed by atoms with E-state index >= 15 is 0 Å². The third kappa shape index (κ3) is 7.94. The third-order valence-corrected chi connectivity index (χ3v) is 4.47. The molecule has 0 aromatic rings. The van der Waals surface area contributed by atoms with Crippen LogP contribution in [0.3, 0.4) is 0 Å². The Morgan fingerprint density at radius 2 is 1.47 bits per heavy atom. The summed E-state index contributed by atoms with van der Waals surface area (Å²) in [5.74, 6) is 2.32. The molecular formula is C17H38N2. The van der Waals surface area contributed by atoms with E-state index in [0.29, 0.717) is 12.0 Å². The van der Waals surface area contributed by atoms with E-state index in [0.717, 1.165) is 24.9 Å². The average Bonchev–Trinajstić information content (AvgIpc) is 2.39. The van der Waals surface area contributed by atoms with Gasteiger partial charge in [0.05, 0.1) is 0 Å². The first-order valence-electron chi connectivity index (χ1n) is 8.40. The number of nitrogens with zero attached hydrogens (tertiary/aromatic N) is 1. The predicted octanol–water partition coefficient (Wildman–Crippen LogP) is 4.01. The van der Waals surface area contributed by atoms with Crippen molar-refractivity contribution in [2.75, 3.05) is 26.2 Å². The van der Waals surface area contributed by atoms with Crippen LogP contribution in [-0.4, -0.2) is 37.1 Å². The van der Waals surface area contributed by atoms with Gasteiger partial charge < -0.3 is 10.2 Å². The molecule has 0 bridgehead atoms. The first kappa shape index (κ1) is 18.9. The van der Waals surface area contributed by atoms with Crippen molar-refractivity contribution < 1.29 is 0 Å². The van der Waals surface area contributed by atoms with Crippen molar-refractivity contribution in [1.29, 1.82) is 0 Å². The summed E-state index contributed by atoms with van der Waals surface area (Å²) in [6.07, 6.45) is 2.61. The van der Waals surface area contributed by atoms with Gasteiger partial charge in [0.1, 0.15) is 0 Å². The van der Waals surface area contributed by atoms with Crippen LogP contribution in [0.25, 0.3) is 0 Å². The SMILES string of the molecule is CCC(CC)CN(CC)C(C)C(C)CNCC(C)C. The second kappa shape index (κ2) is 10.7. The lowest BCUT2D eigenvalue weighted by Crippen LogP contribution is -2.43. The fourth-order valence-electron chi connectivity index (χ4n) is 2.59. The summed E-state index contributed by atoms with van der Waals surface area (Å²) in [4.78, 5) is 2.67. The van der Waals surface area contributed by atoms with E-state index in [1.807, 2.05) is 0 Å². The van der Waals surface area contributed by atoms with Crippen LogP contribution in [-0.2, 0) is 0 Å². The summed E-state index contributed by atoms with van der Waals surface area (Å²) in [7, 11) is 0. The lowest BCUT2D eigenvalue weighted by atomic mass is 9.97. The maximum absolute atomic E-state index is 3.60. The van der Waals surface area contributed by atoms with Gasteiger partial charge in [-0.05, 0) is 44.3 Å². The summed E-state index contributed by atoms with van der Waals surface area (Å²) < 4.78 is 0. The molecule has 2 unspecified atom stereocenters. The quantitative estimate of drug-likeness (QED) is 0.610. The molecule has 0 heterocycles. The van der Waals surface area contributed by atoms with Crippen LogP contribution in [0.2, 0.25) is 0 Å². The highest BCUT2D eigenvalue weighted by atomic mass is 15.2. The minimum atomic E-state index is 0.672. The van der Waals surface area contributed by atoms with E-state index in [-0.39, 0.29) is 0 Å². The van der Waals surface area contributed by atoms with Crippen LogP contribution >= 0.6 is 0 Å². The van der Waals surface area contributed by atoms with Gasteiger partial charge in [-0.2, -0.15) is 0 Å². The third-order valence-electron chi connectivity index (χ3n) is 4.47. The molecule has 0 saturated carbocycles. The topological polar surface area (TPSA) is 15.3 Å². The molecule has 2 atom stereocenters. The van der Waals surface area contributed by atoms with Crippen LogP contribution in [0.5, 0.6) is 0 Å². The van der Waals surface area contributed by atoms with Crippen molar-refractivity contribution in [3.05, 3.63) is 0 Å². The Hall–Kier alpha value is -0.0800. The van der Waals surface area contributed by atoms with Gasteiger partial charge in [-0.15, -0.1) is 0 Å². The van der Waals surface area contributed by atoms with Crippen molar-refractivity contribution in [3.8, 4) is 0 Å². The van der Waals surface area contributed by atoms with Gasteiger partial charge >= 0.3 is 0 Å². The molecule has 0 saturated heterocycles. The second-order valence-corrected chi connectivity index (χ2v) is 6.54. The number of hydrogen-bond acceptors (Lipinski definition) is 2. The Balaban J connectivity index is 4.20. The van der Waals surface area contributed by atoms with Crippen LogP contribution in [0, 0.1) is 17.8 Å². The molecule has 0 aromatic heterocycles. The number of nitrogens with one attached hydrogen (secondary N) is 1. The molecule has 2 nitrogen and oxygen atoms in total. The standard InChI is InChI=1S/C17H38N2/c1-8-17(9-2)13-19(10-3)16(7)15(6)12-18-11-14(4)5/h14-18H,8-13H2,1-7H3. The fraction of sp³-hybridized carbons (Fsp3) is 1.00. The van der Waals surface area contributed by atoms with Crippen LogP contribution < -0.4 is 5.32 Å². The van der Waals surface area contributed by atoms with E-state index < -0.39 is 0 Å². The molecule has 116 valence electrons. The Bertz CT molecular complexity index is 199. The molecule has 0 spiro atoms. The van der Waals surface area contributed by atoms with E-state index in [1.54, 1.807) is 0 Å². The largest absolute Gasteiger partial charge is 0.316 e. The molecule has 19 heavy (non-hydrogen) atoms. The first-order chi connectivity index (χ1) is 8.96. The molecular weight excluding hydrogens is 232 g/mol. The molecule has 0 fully saturated rings. The Morgan fingerprint density at radius 1 is 0.895 bits per heavy atom. The minimum Gasteiger partial charge on any atom is -0.316 e. The summed E-state index contributed by atoms with van der Waals surface area (Å²) >= 11 is 0. The summed E-state index contributed by atoms with van der Waals surface area (Å²) in [6, 6.07) is 0.672. The Labute approximate surface area is 122 Å². The van der Waals surface area contributed by atoms with Crippen molar-refractivity contribution in [2.45, 2.75) is 67.3 Å². The van der Waals surface area contributed by atoms with Gasteiger partial charge in [0.25, 0.3) is 0 Å². The monoisotopic (exact) mass is 270 g/mol. The van der Waals surface area contributed by atoms with Crippen molar-refractivity contribution in [2.24, 2.45) is 17.8 Å². The van der Waals surface area contributed by atoms with Gasteiger partial charge in [-0.25, -0.2) is 0 Å². The van der Waals surface area contributed by atoms with E-state index in [4.69, 9.17) is 0 Å². The van der Waals surface area contributed by atoms with Crippen LogP contribution in [0.1, 0.15) is 61.3 Å². The zero-order valence-electron chi connectivity index (χ0n) is 14.5. The normalized spacial score (nSPS) is 15.5. The molecule has 0 rings (SSSR count). The lowest BCUT2D eigenvalue weighted by molar-refractivity contribution is 0.139. The average molecular weight is 271 g/mol. The van der Waals surface area contributed by atoms with Gasteiger partial charge in [0.15, 0.2) is 0 Å². The van der Waals surface area contributed by atoms with Gasteiger partial charge in [0, 0.05) is 12.6 Å². The fourth-order valence-corrected chi connectivity index (χ4v) is 2.59. The molecule has 0 aliphatic heterocycles. The van der Waals surface area contributed by atoms with E-state index in [1.165, 1.54) is 25.9 Å². The highest BCUT2D eigenvalue weighted by Crippen LogP contribution is 2.16. The molecule has 0 amide bonds. The molecule has 0 aliphatic rings. The van der Waals surface area contributed by atoms with E-state index in [2.05, 4.69) is 58.7 Å². The summed E-state index contributed by atoms with van der Waals surface area (Å²) in [6.45, 7) is 21.0. The van der Waals surface area contributed by atoms with Crippen LogP contribution in [0.4, 0.5) is 0 Å². The highest BCUT2D eigenvalue weighted by Gasteiger charge is 2.20. The zero-order valence-corrected chi connectivity index (χ0v) is 14.5. The first-order valence-corrected chi connectivity index (χ1v) is 8.40. The maximum atomic E-state index is 3.60. The highest BCUT2D eigenvalue weighted by molar-refractivity contribution is 4.76. The smallest absolute Gasteiger partial charge is 0.0105 e. The van der Waals surface area contributed by atoms with Crippen molar-refractivity contribution >= 4 is 0 Å². The van der Waals surface area contributed by atoms with Gasteiger partial charge in [-0.1, -0.05) is 54.4 Å². The molecule has 0 aliphatic carbocycles. The minimum absolute atomic E-state index is 0.672. The van der Waals surface area contributed by atoms with E-state index in [9.17, 15) is 0 Å². The van der Waals surface area contributed by atoms with Crippen molar-refractivity contribution in [3.63, 3.8) is 0 Å². The Morgan fingerprint density at radius 3 is 1.89 bits per heavy atom. The van der Waals surface area contributed by atoms with Gasteiger partial charge in [0.2, 0.25) is 0 Å². The van der Waals surface area contributed by atoms with Crippen molar-refractivity contribution in [1.82, 2.24) is 10.2 Å². The predicted molar refractivity (Wildman–Crippen MR) is 87.7 cm³/mol. The zero-order chi connectivity index (χ0) is 14.8.